The first-order valence-corrected chi connectivity index (χ1v) is 6.32. The Morgan fingerprint density at radius 2 is 1.82 bits per heavy atom. The van der Waals surface area contributed by atoms with E-state index in [-0.39, 0.29) is 11.3 Å². The summed E-state index contributed by atoms with van der Waals surface area (Å²) in [5.41, 5.74) is -4.43. The van der Waals surface area contributed by atoms with Crippen molar-refractivity contribution in [3.63, 3.8) is 0 Å². The number of alkyl halides is 3. The zero-order valence-electron chi connectivity index (χ0n) is 12.1. The molecule has 124 valence electrons. The van der Waals surface area contributed by atoms with Gasteiger partial charge in [0.2, 0.25) is 0 Å². The first kappa shape index (κ1) is 18.2. The van der Waals surface area contributed by atoms with Crippen LogP contribution in [-0.2, 0) is 4.79 Å². The largest absolute Gasteiger partial charge is 0.496 e. The monoisotopic (exact) mass is 324 g/mol. The Kier molecular flexibility index (Phi) is 5.06. The summed E-state index contributed by atoms with van der Waals surface area (Å²) >= 11 is 0. The molecule has 1 rings (SSSR count). The molecule has 1 aromatic carbocycles. The van der Waals surface area contributed by atoms with Gasteiger partial charge in [-0.25, -0.2) is 9.18 Å². The molecule has 0 bridgehead atoms. The number of carbonyl (C=O) groups is 1. The molecule has 0 aliphatic rings. The third-order valence-corrected chi connectivity index (χ3v) is 3.40. The first-order chi connectivity index (χ1) is 9.96. The number of carboxylic acid groups (broad SMARTS) is 1. The summed E-state index contributed by atoms with van der Waals surface area (Å²) < 4.78 is 58.0. The Bertz CT molecular complexity index is 556. The van der Waals surface area contributed by atoms with E-state index in [4.69, 9.17) is 9.84 Å². The van der Waals surface area contributed by atoms with Gasteiger partial charge in [0.05, 0.1) is 7.11 Å². The second-order valence-electron chi connectivity index (χ2n) is 5.18. The predicted octanol–water partition coefficient (Wildman–Crippen LogP) is 2.95. The van der Waals surface area contributed by atoms with Gasteiger partial charge in [-0.1, -0.05) is 13.8 Å². The van der Waals surface area contributed by atoms with Gasteiger partial charge in [-0.2, -0.15) is 13.2 Å². The average Bonchev–Trinajstić information content (AvgIpc) is 2.37. The van der Waals surface area contributed by atoms with Crippen LogP contribution in [0.1, 0.15) is 25.3 Å². The molecule has 0 fully saturated rings. The molecule has 0 spiro atoms. The Morgan fingerprint density at radius 3 is 2.18 bits per heavy atom. The number of benzene rings is 1. The first-order valence-electron chi connectivity index (χ1n) is 6.32. The van der Waals surface area contributed by atoms with Gasteiger partial charge in [0, 0.05) is 11.5 Å². The Labute approximate surface area is 124 Å². The highest BCUT2D eigenvalue weighted by atomic mass is 19.4. The van der Waals surface area contributed by atoms with Crippen LogP contribution in [0.3, 0.4) is 0 Å². The predicted molar refractivity (Wildman–Crippen MR) is 69.2 cm³/mol. The van der Waals surface area contributed by atoms with Crippen molar-refractivity contribution in [2.75, 3.05) is 7.11 Å². The van der Waals surface area contributed by atoms with Crippen molar-refractivity contribution in [2.45, 2.75) is 31.5 Å². The van der Waals surface area contributed by atoms with Crippen molar-refractivity contribution in [1.82, 2.24) is 0 Å². The molecule has 2 atom stereocenters. The van der Waals surface area contributed by atoms with E-state index in [1.54, 1.807) is 0 Å². The molecule has 4 nitrogen and oxygen atoms in total. The molecule has 0 heterocycles. The van der Waals surface area contributed by atoms with E-state index >= 15 is 0 Å². The van der Waals surface area contributed by atoms with Crippen molar-refractivity contribution in [1.29, 1.82) is 0 Å². The third kappa shape index (κ3) is 3.01. The van der Waals surface area contributed by atoms with Gasteiger partial charge in [-0.3, -0.25) is 0 Å². The van der Waals surface area contributed by atoms with Crippen LogP contribution >= 0.6 is 0 Å². The van der Waals surface area contributed by atoms with Crippen molar-refractivity contribution in [3.05, 3.63) is 29.6 Å². The lowest BCUT2D eigenvalue weighted by Crippen LogP contribution is -2.57. The topological polar surface area (TPSA) is 66.8 Å². The number of hydrogen-bond acceptors (Lipinski definition) is 3. The number of halogens is 4. The molecule has 0 saturated heterocycles. The summed E-state index contributed by atoms with van der Waals surface area (Å²) in [6.07, 6.45) is -5.45. The van der Waals surface area contributed by atoms with E-state index in [0.29, 0.717) is 0 Å². The van der Waals surface area contributed by atoms with Gasteiger partial charge in [0.25, 0.3) is 5.60 Å². The lowest BCUT2D eigenvalue weighted by atomic mass is 9.74. The van der Waals surface area contributed by atoms with Crippen LogP contribution < -0.4 is 4.74 Å². The maximum atomic E-state index is 13.4. The number of rotatable bonds is 5. The number of ether oxygens (including phenoxy) is 1. The van der Waals surface area contributed by atoms with Crippen LogP contribution in [-0.4, -0.2) is 35.1 Å². The fourth-order valence-corrected chi connectivity index (χ4v) is 2.45. The van der Waals surface area contributed by atoms with Gasteiger partial charge in [-0.15, -0.1) is 0 Å². The normalized spacial score (nSPS) is 16.2. The van der Waals surface area contributed by atoms with Crippen LogP contribution in [0.25, 0.3) is 0 Å². The minimum atomic E-state index is -5.45. The number of carboxylic acids is 1. The summed E-state index contributed by atoms with van der Waals surface area (Å²) in [5.74, 6) is -6.36. The lowest BCUT2D eigenvalue weighted by molar-refractivity contribution is -0.270. The van der Waals surface area contributed by atoms with E-state index in [2.05, 4.69) is 0 Å². The van der Waals surface area contributed by atoms with Gasteiger partial charge in [-0.05, 0) is 24.1 Å². The molecule has 8 heteroatoms. The molecule has 2 unspecified atom stereocenters. The molecule has 0 amide bonds. The zero-order chi connectivity index (χ0) is 17.3. The Morgan fingerprint density at radius 1 is 1.27 bits per heavy atom. The fourth-order valence-electron chi connectivity index (χ4n) is 2.45. The number of hydrogen-bond donors (Lipinski definition) is 2. The summed E-state index contributed by atoms with van der Waals surface area (Å²) in [5, 5.41) is 18.9. The van der Waals surface area contributed by atoms with Crippen molar-refractivity contribution in [2.24, 2.45) is 5.92 Å². The van der Waals surface area contributed by atoms with Gasteiger partial charge in [0.1, 0.15) is 11.6 Å². The molecule has 0 radical (unpaired) electrons. The molecule has 0 aliphatic carbocycles. The smallest absolute Gasteiger partial charge is 0.428 e. The minimum absolute atomic E-state index is 0.135. The molecular formula is C14H16F4O4. The van der Waals surface area contributed by atoms with Crippen LogP contribution in [0.2, 0.25) is 0 Å². The summed E-state index contributed by atoms with van der Waals surface area (Å²) in [6.45, 7) is 2.60. The van der Waals surface area contributed by atoms with Gasteiger partial charge in [0.15, 0.2) is 0 Å². The average molecular weight is 324 g/mol. The van der Waals surface area contributed by atoms with Crippen LogP contribution in [0.5, 0.6) is 5.75 Å². The Hall–Kier alpha value is -1.83. The molecule has 0 aromatic heterocycles. The highest BCUT2D eigenvalue weighted by molar-refractivity contribution is 5.80. The molecular weight excluding hydrogens is 308 g/mol. The summed E-state index contributed by atoms with van der Waals surface area (Å²) in [7, 11) is 1.15. The SMILES string of the molecule is COc1ccc(F)cc1C(C(C)C)C(O)(C(=O)O)C(F)(F)F. The molecule has 0 aliphatic heterocycles. The third-order valence-electron chi connectivity index (χ3n) is 3.40. The lowest BCUT2D eigenvalue weighted by Gasteiger charge is -2.37. The number of aliphatic carboxylic acids is 1. The second kappa shape index (κ2) is 6.12. The maximum absolute atomic E-state index is 13.4. The van der Waals surface area contributed by atoms with Crippen LogP contribution in [0.4, 0.5) is 17.6 Å². The highest BCUT2D eigenvalue weighted by Gasteiger charge is 2.65. The van der Waals surface area contributed by atoms with Crippen molar-refractivity contribution < 1.29 is 37.3 Å². The maximum Gasteiger partial charge on any atom is 0.428 e. The van der Waals surface area contributed by atoms with Crippen molar-refractivity contribution in [3.8, 4) is 5.75 Å². The minimum Gasteiger partial charge on any atom is -0.496 e. The molecule has 2 N–H and O–H groups in total. The van der Waals surface area contributed by atoms with Gasteiger partial charge < -0.3 is 14.9 Å². The number of methoxy groups -OCH3 is 1. The van der Waals surface area contributed by atoms with Crippen LogP contribution in [0.15, 0.2) is 18.2 Å². The standard InChI is InChI=1S/C14H16F4O4/c1-7(2)11(13(21,12(19)20)14(16,17)18)9-6-8(15)4-5-10(9)22-3/h4-7,11,21H,1-3H3,(H,19,20). The quantitative estimate of drug-likeness (QED) is 0.817. The second-order valence-corrected chi connectivity index (χ2v) is 5.18. The highest BCUT2D eigenvalue weighted by Crippen LogP contribution is 2.47. The molecule has 1 aromatic rings. The fraction of sp³-hybridized carbons (Fsp3) is 0.500. The van der Waals surface area contributed by atoms with E-state index < -0.39 is 35.4 Å². The summed E-state index contributed by atoms with van der Waals surface area (Å²) in [6, 6.07) is 2.79. The molecule has 22 heavy (non-hydrogen) atoms. The van der Waals surface area contributed by atoms with Crippen molar-refractivity contribution >= 4 is 5.97 Å². The van der Waals surface area contributed by atoms with E-state index in [9.17, 15) is 27.5 Å². The number of aliphatic hydroxyl groups is 1. The molecule has 0 saturated carbocycles. The van der Waals surface area contributed by atoms with E-state index in [1.165, 1.54) is 13.8 Å². The summed E-state index contributed by atoms with van der Waals surface area (Å²) in [4.78, 5) is 11.2. The van der Waals surface area contributed by atoms with E-state index in [0.717, 1.165) is 25.3 Å². The van der Waals surface area contributed by atoms with Gasteiger partial charge >= 0.3 is 12.1 Å². The Balaban J connectivity index is 3.66. The zero-order valence-corrected chi connectivity index (χ0v) is 12.1. The van der Waals surface area contributed by atoms with Crippen LogP contribution in [0, 0.1) is 11.7 Å². The van der Waals surface area contributed by atoms with E-state index in [1.807, 2.05) is 0 Å².